The summed E-state index contributed by atoms with van der Waals surface area (Å²) in [5.41, 5.74) is 0.768. The topological polar surface area (TPSA) is 101 Å². The molecule has 0 aromatic carbocycles. The third-order valence-electron chi connectivity index (χ3n) is 3.03. The smallest absolute Gasteiger partial charge is 0.356 e. The number of carboxylic acid groups (broad SMARTS) is 1. The molecule has 1 aliphatic rings. The molecule has 0 fully saturated rings. The van der Waals surface area contributed by atoms with Crippen LogP contribution in [0.1, 0.15) is 43.4 Å². The van der Waals surface area contributed by atoms with Crippen LogP contribution in [-0.2, 0) is 9.53 Å². The first-order valence-electron chi connectivity index (χ1n) is 6.97. The zero-order valence-electron chi connectivity index (χ0n) is 12.8. The Morgan fingerprint density at radius 3 is 2.59 bits per heavy atom. The molecule has 1 aromatic heterocycles. The molecule has 0 bridgehead atoms. The maximum atomic E-state index is 12.1. The van der Waals surface area contributed by atoms with Crippen molar-refractivity contribution in [1.82, 2.24) is 15.3 Å². The first-order chi connectivity index (χ1) is 10.3. The number of aromatic carboxylic acids is 1. The van der Waals surface area contributed by atoms with Crippen molar-refractivity contribution in [3.05, 3.63) is 29.9 Å². The molecule has 7 heteroatoms. The van der Waals surface area contributed by atoms with Gasteiger partial charge in [0.2, 0.25) is 0 Å². The minimum Gasteiger partial charge on any atom is -0.476 e. The normalized spacial score (nSPS) is 18.5. The zero-order chi connectivity index (χ0) is 16.3. The molecule has 0 amide bonds. The lowest BCUT2D eigenvalue weighted by molar-refractivity contribution is -0.157. The Hall–Kier alpha value is -2.28. The molecule has 0 spiro atoms. The monoisotopic (exact) mass is 305 g/mol. The van der Waals surface area contributed by atoms with Gasteiger partial charge in [-0.2, -0.15) is 0 Å². The fraction of sp³-hybridized carbons (Fsp3) is 0.467. The highest BCUT2D eigenvalue weighted by atomic mass is 16.6. The van der Waals surface area contributed by atoms with E-state index >= 15 is 0 Å². The highest BCUT2D eigenvalue weighted by Gasteiger charge is 2.28. The van der Waals surface area contributed by atoms with Crippen molar-refractivity contribution in [3.63, 3.8) is 0 Å². The molecule has 1 atom stereocenters. The average Bonchev–Trinajstić information content (AvgIpc) is 2.46. The van der Waals surface area contributed by atoms with Crippen LogP contribution in [0.2, 0.25) is 0 Å². The summed E-state index contributed by atoms with van der Waals surface area (Å²) in [5, 5.41) is 11.9. The van der Waals surface area contributed by atoms with Crippen molar-refractivity contribution in [2.45, 2.75) is 38.8 Å². The first-order valence-corrected chi connectivity index (χ1v) is 6.97. The van der Waals surface area contributed by atoms with Gasteiger partial charge in [0.25, 0.3) is 0 Å². The average molecular weight is 305 g/mol. The fourth-order valence-corrected chi connectivity index (χ4v) is 2.05. The predicted molar refractivity (Wildman–Crippen MR) is 79.2 cm³/mol. The van der Waals surface area contributed by atoms with Gasteiger partial charge >= 0.3 is 11.9 Å². The maximum Gasteiger partial charge on any atom is 0.356 e. The Morgan fingerprint density at radius 1 is 1.32 bits per heavy atom. The summed E-state index contributed by atoms with van der Waals surface area (Å²) in [6.07, 6.45) is 4.96. The standard InChI is InChI=1S/C15H19N3O4/c1-15(2,3)22-14(21)10-6-9(4-5-16-10)11-7-18-12(8-17-11)13(19)20/h4,7-8,10,16H,5-6H2,1-3H3,(H,19,20). The van der Waals surface area contributed by atoms with Crippen LogP contribution in [0.3, 0.4) is 0 Å². The van der Waals surface area contributed by atoms with E-state index < -0.39 is 17.6 Å². The number of esters is 1. The van der Waals surface area contributed by atoms with Crippen LogP contribution >= 0.6 is 0 Å². The van der Waals surface area contributed by atoms with Crippen LogP contribution < -0.4 is 5.32 Å². The maximum absolute atomic E-state index is 12.1. The summed E-state index contributed by atoms with van der Waals surface area (Å²) < 4.78 is 5.37. The molecule has 2 heterocycles. The lowest BCUT2D eigenvalue weighted by Gasteiger charge is -2.27. The second-order valence-corrected chi connectivity index (χ2v) is 6.02. The van der Waals surface area contributed by atoms with Gasteiger partial charge in [-0.25, -0.2) is 9.78 Å². The largest absolute Gasteiger partial charge is 0.476 e. The summed E-state index contributed by atoms with van der Waals surface area (Å²) in [5.74, 6) is -1.43. The Balaban J connectivity index is 2.08. The third kappa shape index (κ3) is 4.11. The van der Waals surface area contributed by atoms with Gasteiger partial charge < -0.3 is 15.2 Å². The van der Waals surface area contributed by atoms with E-state index in [0.717, 1.165) is 5.57 Å². The number of ether oxygens (including phenoxy) is 1. The molecule has 0 aliphatic carbocycles. The van der Waals surface area contributed by atoms with Crippen molar-refractivity contribution in [2.75, 3.05) is 6.54 Å². The lowest BCUT2D eigenvalue weighted by atomic mass is 9.99. The lowest BCUT2D eigenvalue weighted by Crippen LogP contribution is -2.43. The molecule has 7 nitrogen and oxygen atoms in total. The van der Waals surface area contributed by atoms with Crippen molar-refractivity contribution >= 4 is 17.5 Å². The number of rotatable bonds is 3. The summed E-state index contributed by atoms with van der Waals surface area (Å²) in [6.45, 7) is 5.98. The van der Waals surface area contributed by atoms with Crippen molar-refractivity contribution in [1.29, 1.82) is 0 Å². The molecular formula is C15H19N3O4. The molecule has 0 saturated heterocycles. The highest BCUT2D eigenvalue weighted by Crippen LogP contribution is 2.22. The molecular weight excluding hydrogens is 286 g/mol. The van der Waals surface area contributed by atoms with Gasteiger partial charge in [0.15, 0.2) is 5.69 Å². The predicted octanol–water partition coefficient (Wildman–Crippen LogP) is 1.26. The SMILES string of the molecule is CC(C)(C)OC(=O)C1CC(c2cnc(C(=O)O)cn2)=CCN1. The van der Waals surface area contributed by atoms with Crippen molar-refractivity contribution in [2.24, 2.45) is 0 Å². The van der Waals surface area contributed by atoms with Gasteiger partial charge in [-0.05, 0) is 26.3 Å². The number of nitrogens with one attached hydrogen (secondary N) is 1. The number of hydrogen-bond acceptors (Lipinski definition) is 6. The van der Waals surface area contributed by atoms with Crippen LogP contribution in [0.4, 0.5) is 0 Å². The summed E-state index contributed by atoms with van der Waals surface area (Å²) in [6, 6.07) is -0.444. The number of carbonyl (C=O) groups excluding carboxylic acids is 1. The van der Waals surface area contributed by atoms with E-state index in [4.69, 9.17) is 9.84 Å². The van der Waals surface area contributed by atoms with E-state index in [1.54, 1.807) is 0 Å². The van der Waals surface area contributed by atoms with Crippen LogP contribution in [0.25, 0.3) is 5.57 Å². The molecule has 1 unspecified atom stereocenters. The first kappa shape index (κ1) is 16.1. The highest BCUT2D eigenvalue weighted by molar-refractivity contribution is 5.85. The molecule has 0 radical (unpaired) electrons. The molecule has 0 saturated carbocycles. The van der Waals surface area contributed by atoms with Crippen molar-refractivity contribution in [3.8, 4) is 0 Å². The molecule has 22 heavy (non-hydrogen) atoms. The van der Waals surface area contributed by atoms with Gasteiger partial charge in [0.05, 0.1) is 18.1 Å². The number of nitrogens with zero attached hydrogens (tertiary/aromatic N) is 2. The number of carbonyl (C=O) groups is 2. The Morgan fingerprint density at radius 2 is 2.05 bits per heavy atom. The molecule has 2 N–H and O–H groups in total. The summed E-state index contributed by atoms with van der Waals surface area (Å²) in [4.78, 5) is 30.8. The van der Waals surface area contributed by atoms with Gasteiger partial charge in [0.1, 0.15) is 11.6 Å². The molecule has 118 valence electrons. The number of carboxylic acids is 1. The van der Waals surface area contributed by atoms with Crippen LogP contribution in [-0.4, -0.2) is 45.2 Å². The van der Waals surface area contributed by atoms with E-state index in [9.17, 15) is 9.59 Å². The fourth-order valence-electron chi connectivity index (χ4n) is 2.05. The zero-order valence-corrected chi connectivity index (χ0v) is 12.8. The molecule has 1 aliphatic heterocycles. The summed E-state index contributed by atoms with van der Waals surface area (Å²) in [7, 11) is 0. The van der Waals surface area contributed by atoms with Crippen LogP contribution in [0.15, 0.2) is 18.5 Å². The third-order valence-corrected chi connectivity index (χ3v) is 3.03. The quantitative estimate of drug-likeness (QED) is 0.811. The van der Waals surface area contributed by atoms with Gasteiger partial charge in [-0.1, -0.05) is 6.08 Å². The van der Waals surface area contributed by atoms with E-state index in [1.807, 2.05) is 26.8 Å². The molecule has 2 rings (SSSR count). The minimum atomic E-state index is -1.12. The number of aromatic nitrogens is 2. The van der Waals surface area contributed by atoms with Gasteiger partial charge in [-0.3, -0.25) is 9.78 Å². The minimum absolute atomic E-state index is 0.109. The van der Waals surface area contributed by atoms with Gasteiger partial charge in [0, 0.05) is 13.0 Å². The van der Waals surface area contributed by atoms with E-state index in [1.165, 1.54) is 12.4 Å². The van der Waals surface area contributed by atoms with Crippen molar-refractivity contribution < 1.29 is 19.4 Å². The molecule has 1 aromatic rings. The Kier molecular flexibility index (Phi) is 4.56. The number of hydrogen-bond donors (Lipinski definition) is 2. The van der Waals surface area contributed by atoms with Crippen LogP contribution in [0, 0.1) is 0 Å². The van der Waals surface area contributed by atoms with Crippen LogP contribution in [0.5, 0.6) is 0 Å². The second-order valence-electron chi connectivity index (χ2n) is 6.02. The Bertz CT molecular complexity index is 602. The van der Waals surface area contributed by atoms with Gasteiger partial charge in [-0.15, -0.1) is 0 Å². The van der Waals surface area contributed by atoms with E-state index in [0.29, 0.717) is 18.7 Å². The summed E-state index contributed by atoms with van der Waals surface area (Å²) >= 11 is 0. The Labute approximate surface area is 128 Å². The van der Waals surface area contributed by atoms with E-state index in [-0.39, 0.29) is 11.7 Å². The second kappa shape index (κ2) is 6.23. The van der Waals surface area contributed by atoms with E-state index in [2.05, 4.69) is 15.3 Å².